The standard InChI is InChI=1S/C69H136O4S2/c1-5-7-9-11-13-15-17-19-21-23-25-27-29-31-33-35-37-39-41-43-45-47-49-51-53-55-57-74-65(3)59-67-70-61-69(62-71-67)63-72-68(73-64-69)60-66(4)75-58-56-54-52-50-48-46-44-42-40-38-36-34-32-30-28-26-24-22-20-18-16-14-12-10-8-6-2/h65-68H,5-64H2,1-4H3. The summed E-state index contributed by atoms with van der Waals surface area (Å²) >= 11 is 4.21. The quantitative estimate of drug-likeness (QED) is 0.0565. The third kappa shape index (κ3) is 47.8. The second kappa shape index (κ2) is 56.4. The van der Waals surface area contributed by atoms with Gasteiger partial charge in [0, 0.05) is 23.3 Å². The molecular weight excluding hydrogens is 957 g/mol. The Morgan fingerprint density at radius 1 is 0.267 bits per heavy atom. The summed E-state index contributed by atoms with van der Waals surface area (Å²) in [5.74, 6) is 2.52. The summed E-state index contributed by atoms with van der Waals surface area (Å²) in [6.07, 6.45) is 77.3. The number of hydrogen-bond donors (Lipinski definition) is 0. The Morgan fingerprint density at radius 3 is 0.600 bits per heavy atom. The second-order valence-electron chi connectivity index (χ2n) is 25.1. The number of rotatable bonds is 60. The van der Waals surface area contributed by atoms with Crippen molar-refractivity contribution in [1.29, 1.82) is 0 Å². The van der Waals surface area contributed by atoms with Gasteiger partial charge in [0.2, 0.25) is 0 Å². The second-order valence-corrected chi connectivity index (χ2v) is 28.2. The van der Waals surface area contributed by atoms with Crippen LogP contribution in [-0.4, -0.2) is 61.0 Å². The summed E-state index contributed by atoms with van der Waals surface area (Å²) < 4.78 is 25.1. The smallest absolute Gasteiger partial charge is 0.158 e. The van der Waals surface area contributed by atoms with Crippen molar-refractivity contribution >= 4 is 23.5 Å². The van der Waals surface area contributed by atoms with Gasteiger partial charge in [-0.1, -0.05) is 349 Å². The molecule has 0 aromatic rings. The zero-order chi connectivity index (χ0) is 53.5. The SMILES string of the molecule is CCCCCCCCCCCCCCCCCCCCCCCCCCCCSC(C)CC1OCC2(CO1)COC(CC(C)SCCCCCCCCCCCCCCCCCCCCCCCCCCCC)OC2. The third-order valence-electron chi connectivity index (χ3n) is 17.2. The molecule has 0 bridgehead atoms. The van der Waals surface area contributed by atoms with Crippen molar-refractivity contribution in [2.75, 3.05) is 37.9 Å². The van der Waals surface area contributed by atoms with E-state index in [-0.39, 0.29) is 18.0 Å². The summed E-state index contributed by atoms with van der Waals surface area (Å²) in [5, 5.41) is 1.13. The first-order chi connectivity index (χ1) is 37.1. The van der Waals surface area contributed by atoms with Gasteiger partial charge in [-0.05, 0) is 24.3 Å². The fraction of sp³-hybridized carbons (Fsp3) is 1.00. The van der Waals surface area contributed by atoms with Crippen LogP contribution in [-0.2, 0) is 18.9 Å². The average Bonchev–Trinajstić information content (AvgIpc) is 3.41. The van der Waals surface area contributed by atoms with Crippen molar-refractivity contribution in [3.63, 3.8) is 0 Å². The van der Waals surface area contributed by atoms with Crippen LogP contribution < -0.4 is 0 Å². The maximum Gasteiger partial charge on any atom is 0.158 e. The van der Waals surface area contributed by atoms with Crippen molar-refractivity contribution in [2.45, 2.75) is 397 Å². The molecule has 6 heteroatoms. The van der Waals surface area contributed by atoms with Crippen LogP contribution in [0.3, 0.4) is 0 Å². The molecule has 0 aliphatic carbocycles. The molecule has 0 aromatic carbocycles. The Hall–Kier alpha value is 0.540. The Bertz CT molecular complexity index is 1000. The third-order valence-corrected chi connectivity index (χ3v) is 19.7. The number of unbranched alkanes of at least 4 members (excludes halogenated alkanes) is 50. The first-order valence-corrected chi connectivity index (χ1v) is 36.9. The molecule has 75 heavy (non-hydrogen) atoms. The van der Waals surface area contributed by atoms with Crippen molar-refractivity contribution < 1.29 is 18.9 Å². The monoisotopic (exact) mass is 1090 g/mol. The molecule has 2 heterocycles. The minimum absolute atomic E-state index is 0.0885. The van der Waals surface area contributed by atoms with Crippen LogP contribution in [0.2, 0.25) is 0 Å². The largest absolute Gasteiger partial charge is 0.352 e. The van der Waals surface area contributed by atoms with Gasteiger partial charge in [-0.25, -0.2) is 0 Å². The van der Waals surface area contributed by atoms with E-state index in [2.05, 4.69) is 51.2 Å². The van der Waals surface area contributed by atoms with Crippen molar-refractivity contribution in [3.05, 3.63) is 0 Å². The molecule has 0 radical (unpaired) electrons. The zero-order valence-electron chi connectivity index (χ0n) is 51.7. The fourth-order valence-electron chi connectivity index (χ4n) is 11.8. The van der Waals surface area contributed by atoms with Crippen LogP contribution in [0.15, 0.2) is 0 Å². The van der Waals surface area contributed by atoms with Crippen LogP contribution in [0.25, 0.3) is 0 Å². The lowest BCUT2D eigenvalue weighted by atomic mass is 9.90. The predicted molar refractivity (Wildman–Crippen MR) is 338 cm³/mol. The van der Waals surface area contributed by atoms with Gasteiger partial charge < -0.3 is 18.9 Å². The Balaban J connectivity index is 1.25. The highest BCUT2D eigenvalue weighted by atomic mass is 32.2. The van der Waals surface area contributed by atoms with Gasteiger partial charge in [-0.3, -0.25) is 0 Å². The lowest BCUT2D eigenvalue weighted by Crippen LogP contribution is -2.52. The normalized spacial score (nSPS) is 18.9. The predicted octanol–water partition coefficient (Wildman–Crippen LogP) is 24.1. The van der Waals surface area contributed by atoms with Crippen LogP contribution in [0, 0.1) is 5.41 Å². The van der Waals surface area contributed by atoms with Gasteiger partial charge in [-0.2, -0.15) is 23.5 Å². The molecule has 2 aliphatic rings. The topological polar surface area (TPSA) is 36.9 Å². The van der Waals surface area contributed by atoms with Crippen molar-refractivity contribution in [2.24, 2.45) is 5.41 Å². The summed E-state index contributed by atoms with van der Waals surface area (Å²) in [7, 11) is 0. The van der Waals surface area contributed by atoms with E-state index in [1.165, 1.54) is 345 Å². The highest BCUT2D eigenvalue weighted by Gasteiger charge is 2.42. The maximum absolute atomic E-state index is 6.28. The molecule has 2 atom stereocenters. The van der Waals surface area contributed by atoms with E-state index in [1.807, 2.05) is 0 Å². The molecule has 2 aliphatic heterocycles. The van der Waals surface area contributed by atoms with E-state index in [0.717, 1.165) is 12.8 Å². The van der Waals surface area contributed by atoms with E-state index in [1.54, 1.807) is 0 Å². The minimum Gasteiger partial charge on any atom is -0.352 e. The Kier molecular flexibility index (Phi) is 53.9. The lowest BCUT2D eigenvalue weighted by Gasteiger charge is -2.44. The molecule has 1 spiro atoms. The summed E-state index contributed by atoms with van der Waals surface area (Å²) in [5.41, 5.74) is -0.143. The molecule has 0 amide bonds. The molecule has 2 saturated heterocycles. The molecule has 0 N–H and O–H groups in total. The lowest BCUT2D eigenvalue weighted by molar-refractivity contribution is -0.303. The van der Waals surface area contributed by atoms with Crippen LogP contribution in [0.4, 0.5) is 0 Å². The van der Waals surface area contributed by atoms with E-state index in [4.69, 9.17) is 18.9 Å². The molecule has 4 nitrogen and oxygen atoms in total. The molecule has 2 rings (SSSR count). The maximum atomic E-state index is 6.28. The highest BCUT2D eigenvalue weighted by molar-refractivity contribution is 8.00. The fourth-order valence-corrected chi connectivity index (χ4v) is 13.9. The first-order valence-electron chi connectivity index (χ1n) is 34.8. The minimum atomic E-state index is -0.143. The first kappa shape index (κ1) is 71.6. The van der Waals surface area contributed by atoms with Crippen LogP contribution in [0.1, 0.15) is 374 Å². The molecule has 448 valence electrons. The summed E-state index contributed by atoms with van der Waals surface area (Å²) in [4.78, 5) is 0. The van der Waals surface area contributed by atoms with Gasteiger partial charge in [0.05, 0.1) is 31.8 Å². The van der Waals surface area contributed by atoms with E-state index < -0.39 is 0 Å². The van der Waals surface area contributed by atoms with Gasteiger partial charge in [-0.15, -0.1) is 0 Å². The Morgan fingerprint density at radius 2 is 0.427 bits per heavy atom. The molecule has 2 unspecified atom stereocenters. The van der Waals surface area contributed by atoms with Gasteiger partial charge >= 0.3 is 0 Å². The van der Waals surface area contributed by atoms with Gasteiger partial charge in [0.25, 0.3) is 0 Å². The number of hydrogen-bond acceptors (Lipinski definition) is 6. The van der Waals surface area contributed by atoms with E-state index in [0.29, 0.717) is 36.9 Å². The molecule has 2 fully saturated rings. The molecule has 0 saturated carbocycles. The molecule has 0 aromatic heterocycles. The van der Waals surface area contributed by atoms with Gasteiger partial charge in [0.15, 0.2) is 12.6 Å². The van der Waals surface area contributed by atoms with E-state index in [9.17, 15) is 0 Å². The summed E-state index contributed by atoms with van der Waals surface area (Å²) in [6, 6.07) is 0. The number of thioether (sulfide) groups is 2. The highest BCUT2D eigenvalue weighted by Crippen LogP contribution is 2.34. The zero-order valence-corrected chi connectivity index (χ0v) is 53.3. The van der Waals surface area contributed by atoms with Crippen molar-refractivity contribution in [3.8, 4) is 0 Å². The van der Waals surface area contributed by atoms with Crippen molar-refractivity contribution in [1.82, 2.24) is 0 Å². The van der Waals surface area contributed by atoms with Crippen LogP contribution in [0.5, 0.6) is 0 Å². The number of ether oxygens (including phenoxy) is 4. The van der Waals surface area contributed by atoms with Crippen LogP contribution >= 0.6 is 23.5 Å². The van der Waals surface area contributed by atoms with Gasteiger partial charge in [0.1, 0.15) is 0 Å². The average molecular weight is 1090 g/mol. The summed E-state index contributed by atoms with van der Waals surface area (Å²) in [6.45, 7) is 12.1. The van der Waals surface area contributed by atoms with E-state index >= 15 is 0 Å². The molecular formula is C69H136O4S2. The Labute approximate surface area is 480 Å².